The topological polar surface area (TPSA) is 60.8 Å². The molecule has 1 unspecified atom stereocenters. The Kier molecular flexibility index (Phi) is 3.60. The number of aliphatic carboxylic acids is 1. The number of carbonyl (C=O) groups is 1. The third-order valence-electron chi connectivity index (χ3n) is 0.909. The summed E-state index contributed by atoms with van der Waals surface area (Å²) in [5, 5.41) is 17.5. The lowest BCUT2D eigenvalue weighted by atomic mass is 10.3. The Bertz CT molecular complexity index is 106. The third kappa shape index (κ3) is 2.69. The molecule has 0 heterocycles. The molecule has 0 rings (SSSR count). The van der Waals surface area contributed by atoms with Crippen molar-refractivity contribution in [2.75, 3.05) is 12.8 Å². The minimum atomic E-state index is -1.07. The van der Waals surface area contributed by atoms with Crippen molar-refractivity contribution in [2.24, 2.45) is 0 Å². The Morgan fingerprint density at radius 1 is 1.89 bits per heavy atom. The van der Waals surface area contributed by atoms with E-state index in [4.69, 9.17) is 10.3 Å². The van der Waals surface area contributed by atoms with Crippen molar-refractivity contribution >= 4 is 18.6 Å². The highest BCUT2D eigenvalue weighted by Gasteiger charge is 2.18. The number of nitrogens with zero attached hydrogens (tertiary/aromatic N) is 1. The van der Waals surface area contributed by atoms with Gasteiger partial charge in [0.25, 0.3) is 0 Å². The lowest BCUT2D eigenvalue weighted by Crippen LogP contribution is -2.37. The second kappa shape index (κ2) is 3.71. The molecule has 5 heteroatoms. The van der Waals surface area contributed by atoms with E-state index in [2.05, 4.69) is 12.6 Å². The SMILES string of the molecule is CN(O)C(CS)C(=O)O. The quantitative estimate of drug-likeness (QED) is 0.382. The predicted molar refractivity (Wildman–Crippen MR) is 34.8 cm³/mol. The highest BCUT2D eigenvalue weighted by Crippen LogP contribution is 1.94. The first-order valence-corrected chi connectivity index (χ1v) is 2.98. The van der Waals surface area contributed by atoms with Crippen molar-refractivity contribution in [3.8, 4) is 0 Å². The number of hydroxylamine groups is 2. The summed E-state index contributed by atoms with van der Waals surface area (Å²) in [6.07, 6.45) is 0. The molecule has 0 fully saturated rings. The average molecular weight is 151 g/mol. The van der Waals surface area contributed by atoms with Gasteiger partial charge in [0.1, 0.15) is 6.04 Å². The summed E-state index contributed by atoms with van der Waals surface area (Å²) in [7, 11) is 1.27. The van der Waals surface area contributed by atoms with Crippen molar-refractivity contribution in [1.29, 1.82) is 0 Å². The highest BCUT2D eigenvalue weighted by atomic mass is 32.1. The number of hydrogen-bond donors (Lipinski definition) is 3. The van der Waals surface area contributed by atoms with Crippen LogP contribution in [-0.4, -0.2) is 40.2 Å². The normalized spacial score (nSPS) is 13.8. The molecule has 0 radical (unpaired) electrons. The average Bonchev–Trinajstić information content (AvgIpc) is 1.64. The van der Waals surface area contributed by atoms with Crippen LogP contribution in [0, 0.1) is 0 Å². The van der Waals surface area contributed by atoms with Crippen LogP contribution in [0.25, 0.3) is 0 Å². The molecule has 4 nitrogen and oxygen atoms in total. The first-order valence-electron chi connectivity index (χ1n) is 2.35. The van der Waals surface area contributed by atoms with Gasteiger partial charge >= 0.3 is 5.97 Å². The van der Waals surface area contributed by atoms with Crippen LogP contribution in [-0.2, 0) is 4.79 Å². The van der Waals surface area contributed by atoms with Gasteiger partial charge in [0.2, 0.25) is 0 Å². The minimum absolute atomic E-state index is 0.0995. The van der Waals surface area contributed by atoms with Crippen LogP contribution >= 0.6 is 12.6 Å². The van der Waals surface area contributed by atoms with Gasteiger partial charge in [-0.2, -0.15) is 17.7 Å². The summed E-state index contributed by atoms with van der Waals surface area (Å²) in [5.74, 6) is -0.975. The lowest BCUT2D eigenvalue weighted by Gasteiger charge is -2.14. The summed E-state index contributed by atoms with van der Waals surface area (Å²) >= 11 is 3.71. The smallest absolute Gasteiger partial charge is 0.324 e. The first-order chi connectivity index (χ1) is 4.09. The highest BCUT2D eigenvalue weighted by molar-refractivity contribution is 7.80. The number of carboxylic acids is 1. The second-order valence-electron chi connectivity index (χ2n) is 1.61. The zero-order valence-electron chi connectivity index (χ0n) is 4.98. The Morgan fingerprint density at radius 3 is 2.33 bits per heavy atom. The Labute approximate surface area is 58.5 Å². The van der Waals surface area contributed by atoms with Crippen LogP contribution in [0.3, 0.4) is 0 Å². The molecular weight excluding hydrogens is 142 g/mol. The molecule has 0 spiro atoms. The maximum Gasteiger partial charge on any atom is 0.324 e. The van der Waals surface area contributed by atoms with Gasteiger partial charge in [0.05, 0.1) is 0 Å². The fourth-order valence-corrected chi connectivity index (χ4v) is 0.749. The van der Waals surface area contributed by atoms with Crippen molar-refractivity contribution in [2.45, 2.75) is 6.04 Å². The molecule has 0 saturated heterocycles. The van der Waals surface area contributed by atoms with E-state index in [1.54, 1.807) is 0 Å². The summed E-state index contributed by atoms with van der Waals surface area (Å²) in [4.78, 5) is 10.1. The van der Waals surface area contributed by atoms with Crippen LogP contribution < -0.4 is 0 Å². The third-order valence-corrected chi connectivity index (χ3v) is 1.25. The van der Waals surface area contributed by atoms with Crippen molar-refractivity contribution in [3.63, 3.8) is 0 Å². The predicted octanol–water partition coefficient (Wildman–Crippen LogP) is -0.310. The van der Waals surface area contributed by atoms with Gasteiger partial charge in [-0.15, -0.1) is 0 Å². The fourth-order valence-electron chi connectivity index (χ4n) is 0.356. The Morgan fingerprint density at radius 2 is 2.33 bits per heavy atom. The summed E-state index contributed by atoms with van der Waals surface area (Å²) in [5.41, 5.74) is 0. The molecule has 54 valence electrons. The van der Waals surface area contributed by atoms with Crippen molar-refractivity contribution in [3.05, 3.63) is 0 Å². The van der Waals surface area contributed by atoms with E-state index in [-0.39, 0.29) is 5.75 Å². The lowest BCUT2D eigenvalue weighted by molar-refractivity contribution is -0.159. The van der Waals surface area contributed by atoms with Gasteiger partial charge in [-0.05, 0) is 0 Å². The molecule has 0 aromatic carbocycles. The molecule has 0 saturated carbocycles. The van der Waals surface area contributed by atoms with Crippen LogP contribution in [0.5, 0.6) is 0 Å². The fraction of sp³-hybridized carbons (Fsp3) is 0.750. The van der Waals surface area contributed by atoms with Gasteiger partial charge in [-0.1, -0.05) is 0 Å². The number of hydrogen-bond acceptors (Lipinski definition) is 4. The monoisotopic (exact) mass is 151 g/mol. The van der Waals surface area contributed by atoms with E-state index >= 15 is 0 Å². The molecule has 0 aromatic heterocycles. The molecule has 0 amide bonds. The van der Waals surface area contributed by atoms with Gasteiger partial charge in [-0.3, -0.25) is 4.79 Å². The Balaban J connectivity index is 3.83. The summed E-state index contributed by atoms with van der Waals surface area (Å²) in [6.45, 7) is 0. The molecule has 0 aliphatic rings. The number of thiol groups is 1. The summed E-state index contributed by atoms with van der Waals surface area (Å²) in [6, 6.07) is -0.909. The Hall–Kier alpha value is -0.260. The molecule has 0 aliphatic heterocycles. The molecular formula is C4H9NO3S. The largest absolute Gasteiger partial charge is 0.480 e. The van der Waals surface area contributed by atoms with E-state index in [1.165, 1.54) is 7.05 Å². The minimum Gasteiger partial charge on any atom is -0.480 e. The van der Waals surface area contributed by atoms with Gasteiger partial charge < -0.3 is 10.3 Å². The zero-order valence-corrected chi connectivity index (χ0v) is 5.88. The first kappa shape index (κ1) is 8.74. The van der Waals surface area contributed by atoms with Crippen LogP contribution in [0.15, 0.2) is 0 Å². The maximum atomic E-state index is 10.1. The van der Waals surface area contributed by atoms with Gasteiger partial charge in [0, 0.05) is 12.8 Å². The maximum absolute atomic E-state index is 10.1. The van der Waals surface area contributed by atoms with Crippen molar-refractivity contribution in [1.82, 2.24) is 5.06 Å². The van der Waals surface area contributed by atoms with E-state index < -0.39 is 12.0 Å². The van der Waals surface area contributed by atoms with Crippen LogP contribution in [0.2, 0.25) is 0 Å². The summed E-state index contributed by atoms with van der Waals surface area (Å²) < 4.78 is 0. The van der Waals surface area contributed by atoms with E-state index in [1.807, 2.05) is 0 Å². The molecule has 0 aliphatic carbocycles. The standard InChI is InChI=1S/C4H9NO3S/c1-5(8)3(2-9)4(6)7/h3,8-9H,2H2,1H3,(H,6,7). The second-order valence-corrected chi connectivity index (χ2v) is 1.98. The van der Waals surface area contributed by atoms with Crippen LogP contribution in [0.1, 0.15) is 0 Å². The van der Waals surface area contributed by atoms with E-state index in [0.717, 1.165) is 0 Å². The molecule has 1 atom stereocenters. The van der Waals surface area contributed by atoms with Gasteiger partial charge in [0.15, 0.2) is 0 Å². The number of rotatable bonds is 3. The molecule has 2 N–H and O–H groups in total. The van der Waals surface area contributed by atoms with Crippen molar-refractivity contribution < 1.29 is 15.1 Å². The number of carboxylic acid groups (broad SMARTS) is 1. The molecule has 9 heavy (non-hydrogen) atoms. The number of likely N-dealkylation sites (N-methyl/N-ethyl adjacent to an activating group) is 1. The van der Waals surface area contributed by atoms with Gasteiger partial charge in [-0.25, -0.2) is 0 Å². The molecule has 0 aromatic rings. The van der Waals surface area contributed by atoms with E-state index in [9.17, 15) is 4.79 Å². The molecule has 0 bridgehead atoms. The van der Waals surface area contributed by atoms with Crippen LogP contribution in [0.4, 0.5) is 0 Å². The zero-order chi connectivity index (χ0) is 7.44. The van der Waals surface area contributed by atoms with E-state index in [0.29, 0.717) is 5.06 Å².